The predicted octanol–water partition coefficient (Wildman–Crippen LogP) is 1.68. The lowest BCUT2D eigenvalue weighted by Crippen LogP contribution is -2.33. The van der Waals surface area contributed by atoms with Gasteiger partial charge >= 0.3 is 0 Å². The molecule has 2 fully saturated rings. The number of Topliss-reactive ketones (excluding diaryl/α,β-unsaturated/α-hetero) is 1. The Morgan fingerprint density at radius 1 is 1.36 bits per heavy atom. The molecular formula is C9H14O2. The summed E-state index contributed by atoms with van der Waals surface area (Å²) in [5, 5.41) is 0. The fourth-order valence-electron chi connectivity index (χ4n) is 2.16. The third-order valence-electron chi connectivity index (χ3n) is 2.99. The van der Waals surface area contributed by atoms with Gasteiger partial charge in [0.1, 0.15) is 5.60 Å². The second-order valence-corrected chi connectivity index (χ2v) is 4.07. The number of ether oxygens (including phenoxy) is 1. The molecular weight excluding hydrogens is 140 g/mol. The molecule has 2 rings (SSSR count). The molecule has 2 heteroatoms. The number of ketones is 1. The van der Waals surface area contributed by atoms with E-state index in [0.717, 1.165) is 25.7 Å². The van der Waals surface area contributed by atoms with Crippen molar-refractivity contribution in [3.05, 3.63) is 0 Å². The van der Waals surface area contributed by atoms with Gasteiger partial charge in [-0.25, -0.2) is 0 Å². The van der Waals surface area contributed by atoms with Gasteiger partial charge in [0, 0.05) is 6.42 Å². The maximum absolute atomic E-state index is 11.5. The Morgan fingerprint density at radius 2 is 2.00 bits per heavy atom. The zero-order valence-electron chi connectivity index (χ0n) is 7.14. The summed E-state index contributed by atoms with van der Waals surface area (Å²) in [7, 11) is 0. The Labute approximate surface area is 66.9 Å². The highest BCUT2D eigenvalue weighted by molar-refractivity contribution is 5.92. The molecule has 11 heavy (non-hydrogen) atoms. The van der Waals surface area contributed by atoms with Crippen LogP contribution in [-0.4, -0.2) is 17.0 Å². The van der Waals surface area contributed by atoms with Crippen LogP contribution in [0, 0.1) is 0 Å². The molecule has 1 unspecified atom stereocenters. The molecule has 1 aliphatic heterocycles. The summed E-state index contributed by atoms with van der Waals surface area (Å²) in [5.74, 6) is 0.328. The van der Waals surface area contributed by atoms with Crippen LogP contribution in [0.3, 0.4) is 0 Å². The molecule has 0 aromatic heterocycles. The topological polar surface area (TPSA) is 29.6 Å². The minimum Gasteiger partial charge on any atom is -0.355 e. The lowest BCUT2D eigenvalue weighted by Gasteiger charge is -2.18. The summed E-state index contributed by atoms with van der Waals surface area (Å²) in [4.78, 5) is 11.5. The van der Waals surface area contributed by atoms with E-state index in [1.807, 2.05) is 13.8 Å². The molecule has 0 N–H and O–H groups in total. The molecule has 0 aromatic rings. The average molecular weight is 154 g/mol. The van der Waals surface area contributed by atoms with Crippen LogP contribution in [0.1, 0.15) is 39.5 Å². The van der Waals surface area contributed by atoms with Gasteiger partial charge in [-0.2, -0.15) is 0 Å². The van der Waals surface area contributed by atoms with Gasteiger partial charge in [0.25, 0.3) is 0 Å². The predicted molar refractivity (Wildman–Crippen MR) is 41.4 cm³/mol. The van der Waals surface area contributed by atoms with Crippen LogP contribution in [0.5, 0.6) is 0 Å². The largest absolute Gasteiger partial charge is 0.355 e. The first-order valence-electron chi connectivity index (χ1n) is 4.32. The third-order valence-corrected chi connectivity index (χ3v) is 2.99. The molecule has 1 saturated heterocycles. The molecule has 0 bridgehead atoms. The highest BCUT2D eigenvalue weighted by Gasteiger charge is 2.68. The first-order valence-corrected chi connectivity index (χ1v) is 4.32. The fraction of sp³-hybridized carbons (Fsp3) is 0.889. The molecule has 1 atom stereocenters. The quantitative estimate of drug-likeness (QED) is 0.497. The van der Waals surface area contributed by atoms with Crippen LogP contribution >= 0.6 is 0 Å². The number of carbonyl (C=O) groups is 1. The van der Waals surface area contributed by atoms with E-state index in [4.69, 9.17) is 4.74 Å². The zero-order chi connectivity index (χ0) is 8.11. The number of rotatable bonds is 0. The van der Waals surface area contributed by atoms with Gasteiger partial charge in [-0.1, -0.05) is 0 Å². The monoisotopic (exact) mass is 154 g/mol. The van der Waals surface area contributed by atoms with Gasteiger partial charge in [0.15, 0.2) is 11.4 Å². The summed E-state index contributed by atoms with van der Waals surface area (Å²) in [6, 6.07) is 0. The van der Waals surface area contributed by atoms with E-state index in [-0.39, 0.29) is 11.2 Å². The van der Waals surface area contributed by atoms with Crippen molar-refractivity contribution in [3.8, 4) is 0 Å². The summed E-state index contributed by atoms with van der Waals surface area (Å²) in [6.45, 7) is 4.02. The Bertz CT molecular complexity index is 208. The van der Waals surface area contributed by atoms with Crippen LogP contribution in [-0.2, 0) is 9.53 Å². The van der Waals surface area contributed by atoms with Gasteiger partial charge in [-0.05, 0) is 33.1 Å². The van der Waals surface area contributed by atoms with Gasteiger partial charge < -0.3 is 4.74 Å². The minimum absolute atomic E-state index is 0.162. The molecule has 0 aromatic carbocycles. The highest BCUT2D eigenvalue weighted by Crippen LogP contribution is 2.53. The normalized spacial score (nSPS) is 41.1. The van der Waals surface area contributed by atoms with Gasteiger partial charge in [0.2, 0.25) is 0 Å². The second kappa shape index (κ2) is 1.86. The molecule has 1 saturated carbocycles. The lowest BCUT2D eigenvalue weighted by atomic mass is 9.80. The summed E-state index contributed by atoms with van der Waals surface area (Å²) < 4.78 is 5.50. The Morgan fingerprint density at radius 3 is 2.36 bits per heavy atom. The van der Waals surface area contributed by atoms with Crippen LogP contribution in [0.2, 0.25) is 0 Å². The van der Waals surface area contributed by atoms with E-state index in [1.54, 1.807) is 0 Å². The van der Waals surface area contributed by atoms with Crippen molar-refractivity contribution in [3.63, 3.8) is 0 Å². The first-order chi connectivity index (χ1) is 5.08. The van der Waals surface area contributed by atoms with E-state index >= 15 is 0 Å². The van der Waals surface area contributed by atoms with Gasteiger partial charge in [-0.15, -0.1) is 0 Å². The summed E-state index contributed by atoms with van der Waals surface area (Å²) >= 11 is 0. The summed E-state index contributed by atoms with van der Waals surface area (Å²) in [5.41, 5.74) is -0.518. The van der Waals surface area contributed by atoms with E-state index < -0.39 is 0 Å². The first kappa shape index (κ1) is 7.29. The van der Waals surface area contributed by atoms with Gasteiger partial charge in [0.05, 0.1) is 0 Å². The molecule has 2 aliphatic rings. The SMILES string of the molecule is CC1(C)OC12CCCCC2=O. The molecule has 2 nitrogen and oxygen atoms in total. The molecule has 1 spiro atoms. The van der Waals surface area contributed by atoms with E-state index in [2.05, 4.69) is 0 Å². The van der Waals surface area contributed by atoms with Crippen LogP contribution in [0.25, 0.3) is 0 Å². The maximum Gasteiger partial charge on any atom is 0.167 e. The van der Waals surface area contributed by atoms with Crippen LogP contribution < -0.4 is 0 Å². The Hall–Kier alpha value is -0.370. The smallest absolute Gasteiger partial charge is 0.167 e. The third kappa shape index (κ3) is 0.791. The molecule has 1 aliphatic carbocycles. The van der Waals surface area contributed by atoms with Gasteiger partial charge in [-0.3, -0.25) is 4.79 Å². The van der Waals surface area contributed by atoms with Crippen LogP contribution in [0.15, 0.2) is 0 Å². The van der Waals surface area contributed by atoms with Crippen LogP contribution in [0.4, 0.5) is 0 Å². The molecule has 0 radical (unpaired) electrons. The maximum atomic E-state index is 11.5. The number of hydrogen-bond acceptors (Lipinski definition) is 2. The van der Waals surface area contributed by atoms with Crippen molar-refractivity contribution >= 4 is 5.78 Å². The Balaban J connectivity index is 2.20. The lowest BCUT2D eigenvalue weighted by molar-refractivity contribution is -0.126. The van der Waals surface area contributed by atoms with E-state index in [1.165, 1.54) is 0 Å². The van der Waals surface area contributed by atoms with E-state index in [0.29, 0.717) is 5.78 Å². The van der Waals surface area contributed by atoms with Crippen molar-refractivity contribution < 1.29 is 9.53 Å². The van der Waals surface area contributed by atoms with Crippen molar-refractivity contribution in [2.45, 2.75) is 50.7 Å². The zero-order valence-corrected chi connectivity index (χ0v) is 7.14. The minimum atomic E-state index is -0.356. The molecule has 62 valence electrons. The van der Waals surface area contributed by atoms with Crippen molar-refractivity contribution in [1.29, 1.82) is 0 Å². The van der Waals surface area contributed by atoms with E-state index in [9.17, 15) is 4.79 Å². The molecule has 1 heterocycles. The number of hydrogen-bond donors (Lipinski definition) is 0. The Kier molecular flexibility index (Phi) is 1.23. The average Bonchev–Trinajstić information content (AvgIpc) is 2.45. The van der Waals surface area contributed by atoms with Crippen molar-refractivity contribution in [2.24, 2.45) is 0 Å². The van der Waals surface area contributed by atoms with Crippen molar-refractivity contribution in [1.82, 2.24) is 0 Å². The standard InChI is InChI=1S/C9H14O2/c1-8(2)9(11-8)6-4-3-5-7(9)10/h3-6H2,1-2H3. The van der Waals surface area contributed by atoms with Crippen molar-refractivity contribution in [2.75, 3.05) is 0 Å². The number of epoxide rings is 1. The summed E-state index contributed by atoms with van der Waals surface area (Å²) in [6.07, 6.45) is 3.87. The second-order valence-electron chi connectivity index (χ2n) is 4.07. The fourth-order valence-corrected chi connectivity index (χ4v) is 2.16. The number of carbonyl (C=O) groups excluding carboxylic acids is 1. The highest BCUT2D eigenvalue weighted by atomic mass is 16.6. The molecule has 0 amide bonds.